The Morgan fingerprint density at radius 3 is 2.45 bits per heavy atom. The number of aromatic nitrogens is 3. The van der Waals surface area contributed by atoms with E-state index >= 15 is 0 Å². The fourth-order valence-electron chi connectivity index (χ4n) is 2.89. The molecule has 2 aromatic heterocycles. The van der Waals surface area contributed by atoms with Crippen molar-refractivity contribution < 1.29 is 9.31 Å². The molecule has 0 radical (unpaired) electrons. The lowest BCUT2D eigenvalue weighted by atomic mass is 10.1. The molecule has 0 fully saturated rings. The van der Waals surface area contributed by atoms with E-state index in [0.29, 0.717) is 18.1 Å². The summed E-state index contributed by atoms with van der Waals surface area (Å²) >= 11 is 0. The number of rotatable bonds is 6. The number of pyridine rings is 1. The Hall–Kier alpha value is -4.07. The molecule has 0 aliphatic heterocycles. The van der Waals surface area contributed by atoms with Crippen LogP contribution in [-0.4, -0.2) is 19.7 Å². The maximum Gasteiger partial charge on any atom is 0.287 e. The van der Waals surface area contributed by atoms with Gasteiger partial charge in [0.1, 0.15) is 17.8 Å². The van der Waals surface area contributed by atoms with Gasteiger partial charge in [-0.2, -0.15) is 5.10 Å². The van der Waals surface area contributed by atoms with Gasteiger partial charge in [0.25, 0.3) is 5.69 Å². The predicted octanol–water partition coefficient (Wildman–Crippen LogP) is 4.59. The van der Waals surface area contributed by atoms with E-state index in [1.807, 2.05) is 36.5 Å². The molecule has 7 nitrogen and oxygen atoms in total. The quantitative estimate of drug-likeness (QED) is 0.385. The first-order valence-electron chi connectivity index (χ1n) is 8.84. The Labute approximate surface area is 165 Å². The SMILES string of the molecule is O=[N+]([O-])c1ccc(NCc2cn(-c3ccccc3)nc2-c2ccc(F)cc2)nc1. The molecule has 0 aliphatic rings. The molecule has 0 saturated carbocycles. The molecule has 144 valence electrons. The minimum atomic E-state index is -0.493. The van der Waals surface area contributed by atoms with Gasteiger partial charge in [-0.05, 0) is 42.5 Å². The fraction of sp³-hybridized carbons (Fsp3) is 0.0476. The lowest BCUT2D eigenvalue weighted by molar-refractivity contribution is -0.385. The Morgan fingerprint density at radius 1 is 1.03 bits per heavy atom. The molecule has 0 bridgehead atoms. The largest absolute Gasteiger partial charge is 0.366 e. The molecule has 4 aromatic rings. The molecule has 0 saturated heterocycles. The lowest BCUT2D eigenvalue weighted by Crippen LogP contribution is -2.02. The summed E-state index contributed by atoms with van der Waals surface area (Å²) in [6, 6.07) is 18.8. The van der Waals surface area contributed by atoms with Gasteiger partial charge in [0.05, 0.1) is 16.3 Å². The Balaban J connectivity index is 1.64. The zero-order valence-corrected chi connectivity index (χ0v) is 15.2. The van der Waals surface area contributed by atoms with Gasteiger partial charge in [0, 0.05) is 29.9 Å². The number of benzene rings is 2. The molecule has 4 rings (SSSR count). The molecular formula is C21H16FN5O2. The van der Waals surface area contributed by atoms with Crippen molar-refractivity contribution in [2.24, 2.45) is 0 Å². The second-order valence-corrected chi connectivity index (χ2v) is 6.30. The van der Waals surface area contributed by atoms with Crippen molar-refractivity contribution >= 4 is 11.5 Å². The van der Waals surface area contributed by atoms with Crippen LogP contribution in [-0.2, 0) is 6.54 Å². The minimum absolute atomic E-state index is 0.0700. The number of nitrogens with one attached hydrogen (secondary N) is 1. The molecule has 8 heteroatoms. The first-order chi connectivity index (χ1) is 14.1. The molecular weight excluding hydrogens is 373 g/mol. The minimum Gasteiger partial charge on any atom is -0.366 e. The van der Waals surface area contributed by atoms with E-state index in [1.165, 1.54) is 24.4 Å². The van der Waals surface area contributed by atoms with E-state index in [1.54, 1.807) is 22.9 Å². The molecule has 29 heavy (non-hydrogen) atoms. The monoisotopic (exact) mass is 389 g/mol. The summed E-state index contributed by atoms with van der Waals surface area (Å²) < 4.78 is 15.1. The van der Waals surface area contributed by atoms with Gasteiger partial charge in [0.2, 0.25) is 0 Å². The van der Waals surface area contributed by atoms with Crippen LogP contribution in [0.2, 0.25) is 0 Å². The average molecular weight is 389 g/mol. The van der Waals surface area contributed by atoms with E-state index in [4.69, 9.17) is 0 Å². The molecule has 0 aliphatic carbocycles. The van der Waals surface area contributed by atoms with Crippen LogP contribution in [0.5, 0.6) is 0 Å². The topological polar surface area (TPSA) is 85.9 Å². The van der Waals surface area contributed by atoms with Crippen LogP contribution in [0.4, 0.5) is 15.9 Å². The van der Waals surface area contributed by atoms with Crippen LogP contribution in [0.3, 0.4) is 0 Å². The van der Waals surface area contributed by atoms with Gasteiger partial charge in [-0.3, -0.25) is 10.1 Å². The summed E-state index contributed by atoms with van der Waals surface area (Å²) in [6.07, 6.45) is 3.10. The number of nitrogens with zero attached hydrogens (tertiary/aromatic N) is 4. The standard InChI is InChI=1S/C21H16FN5O2/c22-17-8-6-15(7-9-17)21-16(14-26(25-21)18-4-2-1-3-5-18)12-23-20-11-10-19(13-24-20)27(28)29/h1-11,13-14H,12H2,(H,23,24). The third kappa shape index (κ3) is 4.11. The molecule has 0 amide bonds. The highest BCUT2D eigenvalue weighted by molar-refractivity contribution is 5.63. The summed E-state index contributed by atoms with van der Waals surface area (Å²) in [5, 5.41) is 18.6. The summed E-state index contributed by atoms with van der Waals surface area (Å²) in [6.45, 7) is 0.393. The van der Waals surface area contributed by atoms with E-state index in [2.05, 4.69) is 15.4 Å². The smallest absolute Gasteiger partial charge is 0.287 e. The van der Waals surface area contributed by atoms with Crippen LogP contribution in [0.25, 0.3) is 16.9 Å². The second-order valence-electron chi connectivity index (χ2n) is 6.30. The first-order valence-corrected chi connectivity index (χ1v) is 8.84. The van der Waals surface area contributed by atoms with Crippen molar-refractivity contribution in [3.05, 3.63) is 101 Å². The van der Waals surface area contributed by atoms with E-state index < -0.39 is 4.92 Å². The predicted molar refractivity (Wildman–Crippen MR) is 107 cm³/mol. The van der Waals surface area contributed by atoms with Gasteiger partial charge in [-0.1, -0.05) is 18.2 Å². The number of halogens is 1. The van der Waals surface area contributed by atoms with Crippen LogP contribution in [0.1, 0.15) is 5.56 Å². The fourth-order valence-corrected chi connectivity index (χ4v) is 2.89. The molecule has 2 heterocycles. The van der Waals surface area contributed by atoms with E-state index in [9.17, 15) is 14.5 Å². The van der Waals surface area contributed by atoms with Gasteiger partial charge in [-0.15, -0.1) is 0 Å². The normalized spacial score (nSPS) is 10.7. The van der Waals surface area contributed by atoms with Crippen LogP contribution < -0.4 is 5.32 Å². The van der Waals surface area contributed by atoms with Crippen molar-refractivity contribution in [2.45, 2.75) is 6.54 Å². The van der Waals surface area contributed by atoms with Crippen LogP contribution in [0.15, 0.2) is 79.1 Å². The van der Waals surface area contributed by atoms with Gasteiger partial charge in [0.15, 0.2) is 0 Å². The molecule has 1 N–H and O–H groups in total. The van der Waals surface area contributed by atoms with Crippen LogP contribution in [0, 0.1) is 15.9 Å². The third-order valence-corrected chi connectivity index (χ3v) is 4.35. The first kappa shape index (κ1) is 18.3. The summed E-state index contributed by atoms with van der Waals surface area (Å²) in [4.78, 5) is 14.3. The highest BCUT2D eigenvalue weighted by atomic mass is 19.1. The maximum atomic E-state index is 13.3. The highest BCUT2D eigenvalue weighted by Gasteiger charge is 2.13. The zero-order chi connectivity index (χ0) is 20.2. The van der Waals surface area contributed by atoms with Crippen molar-refractivity contribution in [1.82, 2.24) is 14.8 Å². The number of nitro groups is 1. The maximum absolute atomic E-state index is 13.3. The van der Waals surface area contributed by atoms with Crippen molar-refractivity contribution in [3.8, 4) is 16.9 Å². The van der Waals surface area contributed by atoms with E-state index in [-0.39, 0.29) is 11.5 Å². The lowest BCUT2D eigenvalue weighted by Gasteiger charge is -2.06. The number of hydrogen-bond acceptors (Lipinski definition) is 5. The second kappa shape index (κ2) is 7.89. The number of anilines is 1. The number of hydrogen-bond donors (Lipinski definition) is 1. The summed E-state index contributed by atoms with van der Waals surface area (Å²) in [5.41, 5.74) is 3.20. The van der Waals surface area contributed by atoms with Gasteiger partial charge < -0.3 is 5.32 Å². The van der Waals surface area contributed by atoms with E-state index in [0.717, 1.165) is 16.8 Å². The third-order valence-electron chi connectivity index (χ3n) is 4.35. The van der Waals surface area contributed by atoms with Gasteiger partial charge >= 0.3 is 0 Å². The zero-order valence-electron chi connectivity index (χ0n) is 15.2. The summed E-state index contributed by atoms with van der Waals surface area (Å²) in [7, 11) is 0. The number of para-hydroxylation sites is 1. The Bertz CT molecular complexity index is 1130. The summed E-state index contributed by atoms with van der Waals surface area (Å²) in [5.74, 6) is 0.194. The Morgan fingerprint density at radius 2 is 1.79 bits per heavy atom. The molecule has 0 spiro atoms. The molecule has 0 unspecified atom stereocenters. The Kier molecular flexibility index (Phi) is 4.98. The van der Waals surface area contributed by atoms with Crippen molar-refractivity contribution in [3.63, 3.8) is 0 Å². The van der Waals surface area contributed by atoms with Crippen LogP contribution >= 0.6 is 0 Å². The molecule has 2 aromatic carbocycles. The van der Waals surface area contributed by atoms with Crippen molar-refractivity contribution in [1.29, 1.82) is 0 Å². The van der Waals surface area contributed by atoms with Gasteiger partial charge in [-0.25, -0.2) is 14.1 Å². The molecule has 0 atom stereocenters. The average Bonchev–Trinajstić information content (AvgIpc) is 3.18. The highest BCUT2D eigenvalue weighted by Crippen LogP contribution is 2.25. The van der Waals surface area contributed by atoms with Crippen molar-refractivity contribution in [2.75, 3.05) is 5.32 Å².